The second kappa shape index (κ2) is 13.4. The van der Waals surface area contributed by atoms with E-state index >= 15 is 0 Å². The highest BCUT2D eigenvalue weighted by Gasteiger charge is 2.35. The zero-order chi connectivity index (χ0) is 26.0. The van der Waals surface area contributed by atoms with Crippen molar-refractivity contribution in [3.05, 3.63) is 63.4 Å². The van der Waals surface area contributed by atoms with Gasteiger partial charge in [-0.1, -0.05) is 18.2 Å². The number of nitrogens with zero attached hydrogens (tertiary/aromatic N) is 1. The number of aromatic amines is 1. The maximum absolute atomic E-state index is 13.5. The summed E-state index contributed by atoms with van der Waals surface area (Å²) in [6.07, 6.45) is 0.965. The first-order chi connectivity index (χ1) is 16.6. The Morgan fingerprint density at radius 3 is 2.51 bits per heavy atom. The average molecular weight is 513 g/mol. The van der Waals surface area contributed by atoms with Crippen LogP contribution in [0.25, 0.3) is 0 Å². The van der Waals surface area contributed by atoms with E-state index in [4.69, 9.17) is 18.5 Å². The van der Waals surface area contributed by atoms with Crippen LogP contribution in [0.1, 0.15) is 39.8 Å². The fourth-order valence-corrected chi connectivity index (χ4v) is 4.71. The summed E-state index contributed by atoms with van der Waals surface area (Å²) in [7, 11) is -2.50. The summed E-state index contributed by atoms with van der Waals surface area (Å²) in [5, 5.41) is 2.62. The van der Waals surface area contributed by atoms with Crippen LogP contribution < -0.4 is 26.6 Å². The van der Waals surface area contributed by atoms with Crippen molar-refractivity contribution in [2.75, 3.05) is 13.7 Å². The number of esters is 1. The van der Waals surface area contributed by atoms with Gasteiger partial charge >= 0.3 is 19.4 Å². The molecule has 1 saturated heterocycles. The van der Waals surface area contributed by atoms with Crippen molar-refractivity contribution in [3.63, 3.8) is 0 Å². The number of benzene rings is 1. The summed E-state index contributed by atoms with van der Waals surface area (Å²) in [6.45, 7) is 4.81. The molecule has 0 amide bonds. The fourth-order valence-electron chi connectivity index (χ4n) is 3.18. The van der Waals surface area contributed by atoms with Gasteiger partial charge in [-0.25, -0.2) is 9.36 Å². The summed E-state index contributed by atoms with van der Waals surface area (Å²) in [5.41, 5.74) is 3.43. The molecular weight excluding hydrogens is 479 g/mol. The van der Waals surface area contributed by atoms with Crippen LogP contribution in [-0.2, 0) is 23.4 Å². The van der Waals surface area contributed by atoms with Gasteiger partial charge in [0.15, 0.2) is 0 Å². The van der Waals surface area contributed by atoms with Crippen LogP contribution in [0.3, 0.4) is 0 Å². The molecule has 0 spiro atoms. The topological polar surface area (TPSA) is 164 Å². The molecule has 1 aliphatic rings. The summed E-state index contributed by atoms with van der Waals surface area (Å²) in [6, 6.07) is 8.70. The number of H-pyrrole nitrogens is 1. The number of hydrogen-bond acceptors (Lipinski definition) is 9. The number of rotatable bonds is 10. The molecule has 4 unspecified atom stereocenters. The lowest BCUT2D eigenvalue weighted by atomic mass is 10.2. The smallest absolute Gasteiger partial charge is 0.459 e. The second-order valence-corrected chi connectivity index (χ2v) is 9.54. The Balaban J connectivity index is 0.00000210. The van der Waals surface area contributed by atoms with Crippen LogP contribution in [0.15, 0.2) is 52.2 Å². The van der Waals surface area contributed by atoms with Gasteiger partial charge in [-0.3, -0.25) is 23.7 Å². The van der Waals surface area contributed by atoms with E-state index in [1.54, 1.807) is 44.2 Å². The van der Waals surface area contributed by atoms with E-state index < -0.39 is 43.3 Å². The quantitative estimate of drug-likeness (QED) is 0.316. The lowest BCUT2D eigenvalue weighted by molar-refractivity contribution is -0.149. The summed E-state index contributed by atoms with van der Waals surface area (Å²) < 4.78 is 37.0. The Labute approximate surface area is 203 Å². The number of para-hydroxylation sites is 1. The molecule has 1 aliphatic heterocycles. The minimum absolute atomic E-state index is 0.113. The second-order valence-electron chi connectivity index (χ2n) is 7.84. The van der Waals surface area contributed by atoms with E-state index in [9.17, 15) is 18.9 Å². The number of carbonyl (C=O) groups excluding carboxylic acids is 1. The Bertz CT molecular complexity index is 1100. The molecule has 0 bridgehead atoms. The Kier molecular flexibility index (Phi) is 10.9. The predicted octanol–water partition coefficient (Wildman–Crippen LogP) is 1.92. The van der Waals surface area contributed by atoms with E-state index in [1.165, 1.54) is 30.8 Å². The Hall–Kier alpha value is -2.76. The lowest BCUT2D eigenvalue weighted by Gasteiger charge is -2.24. The van der Waals surface area contributed by atoms with Gasteiger partial charge < -0.3 is 19.7 Å². The Morgan fingerprint density at radius 2 is 1.89 bits per heavy atom. The van der Waals surface area contributed by atoms with Crippen LogP contribution in [-0.4, -0.2) is 47.4 Å². The van der Waals surface area contributed by atoms with Crippen molar-refractivity contribution < 1.29 is 27.9 Å². The zero-order valence-corrected chi connectivity index (χ0v) is 21.1. The minimum atomic E-state index is -4.00. The summed E-state index contributed by atoms with van der Waals surface area (Å²) >= 11 is 0. The first kappa shape index (κ1) is 28.5. The molecule has 12 nitrogen and oxygen atoms in total. The molecule has 13 heteroatoms. The monoisotopic (exact) mass is 512 g/mol. The zero-order valence-electron chi connectivity index (χ0n) is 20.2. The van der Waals surface area contributed by atoms with E-state index in [1.807, 2.05) is 0 Å². The van der Waals surface area contributed by atoms with E-state index in [0.29, 0.717) is 18.6 Å². The first-order valence-electron chi connectivity index (χ1n) is 11.2. The lowest BCUT2D eigenvalue weighted by Crippen LogP contribution is -2.36. The number of carbonyl (C=O) groups is 1. The molecule has 2 heterocycles. The molecule has 2 aromatic rings. The van der Waals surface area contributed by atoms with Crippen LogP contribution >= 0.6 is 7.75 Å². The van der Waals surface area contributed by atoms with Crippen LogP contribution in [0.4, 0.5) is 0 Å². The summed E-state index contributed by atoms with van der Waals surface area (Å²) in [4.78, 5) is 37.6. The molecule has 194 valence electrons. The van der Waals surface area contributed by atoms with Crippen LogP contribution in [0.2, 0.25) is 0 Å². The number of nitrogens with two attached hydrogens (primary N) is 1. The molecule has 1 fully saturated rings. The minimum Gasteiger partial charge on any atom is -0.462 e. The van der Waals surface area contributed by atoms with Gasteiger partial charge in [0.25, 0.3) is 5.56 Å². The van der Waals surface area contributed by atoms with Crippen molar-refractivity contribution in [3.8, 4) is 5.75 Å². The molecule has 4 N–H and O–H groups in total. The highest BCUT2D eigenvalue weighted by atomic mass is 31.2. The normalized spacial score (nSPS) is 19.8. The van der Waals surface area contributed by atoms with Crippen molar-refractivity contribution in [2.45, 2.75) is 58.1 Å². The highest BCUT2D eigenvalue weighted by Crippen LogP contribution is 2.45. The molecule has 1 aromatic heterocycles. The third kappa shape index (κ3) is 8.75. The fraction of sp³-hybridized carbons (Fsp3) is 0.500. The van der Waals surface area contributed by atoms with Gasteiger partial charge in [0.2, 0.25) is 0 Å². The molecule has 1 aromatic carbocycles. The van der Waals surface area contributed by atoms with Crippen molar-refractivity contribution in [2.24, 2.45) is 5.73 Å². The maximum atomic E-state index is 13.5. The van der Waals surface area contributed by atoms with Crippen LogP contribution in [0.5, 0.6) is 5.75 Å². The Morgan fingerprint density at radius 1 is 1.20 bits per heavy atom. The molecule has 3 rings (SSSR count). The van der Waals surface area contributed by atoms with Gasteiger partial charge in [-0.05, 0) is 52.8 Å². The largest absolute Gasteiger partial charge is 0.462 e. The third-order valence-corrected chi connectivity index (χ3v) is 6.35. The van der Waals surface area contributed by atoms with Gasteiger partial charge in [0.1, 0.15) is 18.0 Å². The number of aromatic nitrogens is 2. The van der Waals surface area contributed by atoms with Gasteiger partial charge in [-0.2, -0.15) is 5.09 Å². The van der Waals surface area contributed by atoms with Crippen molar-refractivity contribution >= 4 is 13.7 Å². The molecule has 35 heavy (non-hydrogen) atoms. The van der Waals surface area contributed by atoms with Crippen LogP contribution in [0, 0.1) is 0 Å². The molecule has 0 radical (unpaired) electrons. The van der Waals surface area contributed by atoms with E-state index in [0.717, 1.165) is 0 Å². The number of ether oxygens (including phenoxy) is 2. The molecule has 4 atom stereocenters. The van der Waals surface area contributed by atoms with Gasteiger partial charge in [0.05, 0.1) is 18.8 Å². The molecular formula is C22H33N4O8P. The van der Waals surface area contributed by atoms with Crippen molar-refractivity contribution in [1.82, 2.24) is 14.6 Å². The number of hydrogen-bond donors (Lipinski definition) is 3. The third-order valence-electron chi connectivity index (χ3n) is 4.70. The van der Waals surface area contributed by atoms with E-state index in [-0.39, 0.29) is 12.7 Å². The van der Waals surface area contributed by atoms with E-state index in [2.05, 4.69) is 15.8 Å². The first-order valence-corrected chi connectivity index (χ1v) is 12.7. The highest BCUT2D eigenvalue weighted by molar-refractivity contribution is 7.52. The molecule has 0 saturated carbocycles. The standard InChI is InChI=1S/C21H28N3O8P.CH5N/c1-14(2)30-20(26)15(3)23-33(28,32-16-7-5-4-6-8-16)29-13-17-9-10-19(31-17)24-12-11-18(25)22-21(24)27;1-2/h4-8,11-12,14-15,17,19H,9-10,13H2,1-3H3,(H,23,28)(H,22,25,27);2H2,1H3. The maximum Gasteiger partial charge on any atom is 0.459 e. The predicted molar refractivity (Wildman–Crippen MR) is 129 cm³/mol. The summed E-state index contributed by atoms with van der Waals surface area (Å²) in [5.74, 6) is -0.303. The van der Waals surface area contributed by atoms with Gasteiger partial charge in [-0.15, -0.1) is 0 Å². The molecule has 0 aliphatic carbocycles. The number of nitrogens with one attached hydrogen (secondary N) is 2. The average Bonchev–Trinajstić information content (AvgIpc) is 3.28. The van der Waals surface area contributed by atoms with Crippen molar-refractivity contribution in [1.29, 1.82) is 0 Å². The SMILES string of the molecule is CC(C)OC(=O)C(C)NP(=O)(OCC1CCC(n2ccc(=O)[nH]c2=O)O1)Oc1ccccc1.CN. The van der Waals surface area contributed by atoms with Gasteiger partial charge in [0, 0.05) is 12.3 Å².